The maximum absolute atomic E-state index is 12.0. The number of nitrogens with one attached hydrogen (secondary N) is 1. The van der Waals surface area contributed by atoms with Gasteiger partial charge in [-0.05, 0) is 58.4 Å². The molecule has 2 aliphatic rings. The molecule has 0 aromatic carbocycles. The molecule has 1 heterocycles. The maximum atomic E-state index is 12.0. The monoisotopic (exact) mass is 294 g/mol. The molecule has 2 amide bonds. The smallest absolute Gasteiger partial charge is 0.410 e. The van der Waals surface area contributed by atoms with Crippen LogP contribution in [0.5, 0.6) is 0 Å². The molecule has 5 nitrogen and oxygen atoms in total. The van der Waals surface area contributed by atoms with Gasteiger partial charge < -0.3 is 15.0 Å². The molecule has 1 N–H and O–H groups in total. The van der Waals surface area contributed by atoms with E-state index in [-0.39, 0.29) is 18.0 Å². The number of hydrogen-bond acceptors (Lipinski definition) is 3. The van der Waals surface area contributed by atoms with Crippen LogP contribution in [0.15, 0.2) is 12.2 Å². The van der Waals surface area contributed by atoms with Gasteiger partial charge in [-0.1, -0.05) is 6.08 Å². The van der Waals surface area contributed by atoms with Gasteiger partial charge in [0.1, 0.15) is 5.60 Å². The van der Waals surface area contributed by atoms with Crippen LogP contribution in [0, 0.1) is 5.92 Å². The quantitative estimate of drug-likeness (QED) is 0.813. The standard InChI is InChI=1S/C16H26N2O3/c1-16(2,3)21-15(20)18-10-4-5-13(11-18)17-14(19)9-8-12-6-7-12/h8-9,12-13H,4-7,10-11H2,1-3H3,(H,17,19)/t13-/m0/s1. The van der Waals surface area contributed by atoms with Crippen LogP contribution >= 0.6 is 0 Å². The molecule has 118 valence electrons. The fourth-order valence-electron chi connectivity index (χ4n) is 2.35. The normalized spacial score (nSPS) is 23.2. The van der Waals surface area contributed by atoms with Gasteiger partial charge in [0.25, 0.3) is 0 Å². The molecule has 0 aromatic heterocycles. The summed E-state index contributed by atoms with van der Waals surface area (Å²) in [7, 11) is 0. The molecule has 1 aliphatic carbocycles. The molecule has 2 rings (SSSR count). The van der Waals surface area contributed by atoms with E-state index in [9.17, 15) is 9.59 Å². The van der Waals surface area contributed by atoms with Crippen LogP contribution in [0.2, 0.25) is 0 Å². The van der Waals surface area contributed by atoms with Crippen molar-refractivity contribution in [3.05, 3.63) is 12.2 Å². The molecule has 2 fully saturated rings. The highest BCUT2D eigenvalue weighted by Crippen LogP contribution is 2.29. The molecule has 1 aliphatic heterocycles. The summed E-state index contributed by atoms with van der Waals surface area (Å²) in [5, 5.41) is 2.97. The molecule has 0 radical (unpaired) electrons. The van der Waals surface area contributed by atoms with Gasteiger partial charge in [-0.3, -0.25) is 4.79 Å². The Morgan fingerprint density at radius 1 is 1.24 bits per heavy atom. The van der Waals surface area contributed by atoms with E-state index in [1.807, 2.05) is 26.8 Å². The molecule has 1 saturated carbocycles. The SMILES string of the molecule is CC(C)(C)OC(=O)N1CCC[C@H](NC(=O)C=CC2CC2)C1. The Bertz CT molecular complexity index is 422. The Hall–Kier alpha value is -1.52. The van der Waals surface area contributed by atoms with Crippen LogP contribution < -0.4 is 5.32 Å². The van der Waals surface area contributed by atoms with Gasteiger partial charge in [0.05, 0.1) is 0 Å². The van der Waals surface area contributed by atoms with Crippen molar-refractivity contribution < 1.29 is 14.3 Å². The maximum Gasteiger partial charge on any atom is 0.410 e. The third kappa shape index (κ3) is 5.78. The lowest BCUT2D eigenvalue weighted by atomic mass is 10.1. The highest BCUT2D eigenvalue weighted by molar-refractivity contribution is 5.87. The summed E-state index contributed by atoms with van der Waals surface area (Å²) in [5.41, 5.74) is -0.486. The van der Waals surface area contributed by atoms with Crippen molar-refractivity contribution >= 4 is 12.0 Å². The predicted molar refractivity (Wildman–Crippen MR) is 80.8 cm³/mol. The second kappa shape index (κ2) is 6.50. The Balaban J connectivity index is 1.79. The number of ether oxygens (including phenoxy) is 1. The van der Waals surface area contributed by atoms with E-state index >= 15 is 0 Å². The fourth-order valence-corrected chi connectivity index (χ4v) is 2.35. The average molecular weight is 294 g/mol. The van der Waals surface area contributed by atoms with Crippen molar-refractivity contribution in [3.63, 3.8) is 0 Å². The molecule has 21 heavy (non-hydrogen) atoms. The molecule has 0 spiro atoms. The first kappa shape index (κ1) is 15.9. The molecule has 1 atom stereocenters. The van der Waals surface area contributed by atoms with Gasteiger partial charge in [0.2, 0.25) is 5.91 Å². The van der Waals surface area contributed by atoms with Crippen molar-refractivity contribution in [1.82, 2.24) is 10.2 Å². The lowest BCUT2D eigenvalue weighted by molar-refractivity contribution is -0.117. The lowest BCUT2D eigenvalue weighted by Gasteiger charge is -2.34. The van der Waals surface area contributed by atoms with E-state index in [4.69, 9.17) is 4.74 Å². The summed E-state index contributed by atoms with van der Waals surface area (Å²) in [6.45, 7) is 6.79. The van der Waals surface area contributed by atoms with Crippen molar-refractivity contribution in [3.8, 4) is 0 Å². The van der Waals surface area contributed by atoms with E-state index in [1.165, 1.54) is 12.8 Å². The van der Waals surface area contributed by atoms with Crippen molar-refractivity contribution in [2.45, 2.75) is 58.1 Å². The van der Waals surface area contributed by atoms with Gasteiger partial charge in [0, 0.05) is 19.1 Å². The zero-order valence-electron chi connectivity index (χ0n) is 13.2. The molecular formula is C16H26N2O3. The summed E-state index contributed by atoms with van der Waals surface area (Å²) in [4.78, 5) is 25.5. The number of nitrogens with zero attached hydrogens (tertiary/aromatic N) is 1. The number of allylic oxidation sites excluding steroid dienone is 1. The molecule has 5 heteroatoms. The van der Waals surface area contributed by atoms with Gasteiger partial charge in [-0.2, -0.15) is 0 Å². The van der Waals surface area contributed by atoms with E-state index in [2.05, 4.69) is 5.32 Å². The van der Waals surface area contributed by atoms with Crippen LogP contribution in [-0.4, -0.2) is 41.6 Å². The highest BCUT2D eigenvalue weighted by atomic mass is 16.6. The van der Waals surface area contributed by atoms with E-state index in [0.29, 0.717) is 19.0 Å². The molecule has 0 bridgehead atoms. The zero-order chi connectivity index (χ0) is 15.5. The summed E-state index contributed by atoms with van der Waals surface area (Å²) < 4.78 is 5.38. The highest BCUT2D eigenvalue weighted by Gasteiger charge is 2.28. The van der Waals surface area contributed by atoms with Crippen molar-refractivity contribution in [2.24, 2.45) is 5.92 Å². The first-order chi connectivity index (χ1) is 9.83. The number of rotatable bonds is 3. The minimum atomic E-state index is -0.486. The Morgan fingerprint density at radius 2 is 1.95 bits per heavy atom. The Morgan fingerprint density at radius 3 is 2.57 bits per heavy atom. The zero-order valence-corrected chi connectivity index (χ0v) is 13.2. The number of hydrogen-bond donors (Lipinski definition) is 1. The number of amides is 2. The second-order valence-electron chi connectivity index (χ2n) is 6.97. The van der Waals surface area contributed by atoms with Gasteiger partial charge >= 0.3 is 6.09 Å². The Kier molecular flexibility index (Phi) is 4.91. The van der Waals surface area contributed by atoms with Crippen LogP contribution in [0.4, 0.5) is 4.79 Å². The number of likely N-dealkylation sites (tertiary alicyclic amines) is 1. The van der Waals surface area contributed by atoms with E-state index < -0.39 is 5.60 Å². The number of piperidine rings is 1. The third-order valence-corrected chi connectivity index (χ3v) is 3.56. The third-order valence-electron chi connectivity index (χ3n) is 3.56. The first-order valence-corrected chi connectivity index (χ1v) is 7.80. The minimum absolute atomic E-state index is 0.0163. The van der Waals surface area contributed by atoms with Crippen molar-refractivity contribution in [2.75, 3.05) is 13.1 Å². The summed E-state index contributed by atoms with van der Waals surface area (Å²) in [6, 6.07) is 0.0163. The second-order valence-corrected chi connectivity index (χ2v) is 6.97. The largest absolute Gasteiger partial charge is 0.444 e. The van der Waals surface area contributed by atoms with Crippen LogP contribution in [0.1, 0.15) is 46.5 Å². The van der Waals surface area contributed by atoms with E-state index in [1.54, 1.807) is 11.0 Å². The van der Waals surface area contributed by atoms with Gasteiger partial charge in [0.15, 0.2) is 0 Å². The van der Waals surface area contributed by atoms with Gasteiger partial charge in [-0.25, -0.2) is 4.79 Å². The summed E-state index contributed by atoms with van der Waals surface area (Å²) >= 11 is 0. The molecule has 0 unspecified atom stereocenters. The first-order valence-electron chi connectivity index (χ1n) is 7.80. The molecule has 0 aromatic rings. The summed E-state index contributed by atoms with van der Waals surface area (Å²) in [5.74, 6) is 0.540. The van der Waals surface area contributed by atoms with Crippen LogP contribution in [-0.2, 0) is 9.53 Å². The topological polar surface area (TPSA) is 58.6 Å². The van der Waals surface area contributed by atoms with Crippen LogP contribution in [0.25, 0.3) is 0 Å². The average Bonchev–Trinajstić information content (AvgIpc) is 3.18. The van der Waals surface area contributed by atoms with Crippen LogP contribution in [0.3, 0.4) is 0 Å². The lowest BCUT2D eigenvalue weighted by Crippen LogP contribution is -2.50. The molecule has 1 saturated heterocycles. The summed E-state index contributed by atoms with van der Waals surface area (Å²) in [6.07, 6.45) is 7.49. The number of carbonyl (C=O) groups excluding carboxylic acids is 2. The van der Waals surface area contributed by atoms with E-state index in [0.717, 1.165) is 12.8 Å². The predicted octanol–water partition coefficient (Wildman–Crippen LogP) is 2.47. The molecular weight excluding hydrogens is 268 g/mol. The van der Waals surface area contributed by atoms with Crippen molar-refractivity contribution in [1.29, 1.82) is 0 Å². The number of carbonyl (C=O) groups is 2. The minimum Gasteiger partial charge on any atom is -0.444 e. The van der Waals surface area contributed by atoms with Gasteiger partial charge in [-0.15, -0.1) is 0 Å². The fraction of sp³-hybridized carbons (Fsp3) is 0.750. The Labute approximate surface area is 126 Å².